The van der Waals surface area contributed by atoms with Crippen molar-refractivity contribution >= 4 is 29.0 Å². The third kappa shape index (κ3) is 2.51. The SMILES string of the molecule is Nc1c(Cl)cccc1C(=O)Nc1cccnn1. The summed E-state index contributed by atoms with van der Waals surface area (Å²) in [6.07, 6.45) is 1.52. The van der Waals surface area contributed by atoms with Crippen molar-refractivity contribution in [2.45, 2.75) is 0 Å². The van der Waals surface area contributed by atoms with Crippen LogP contribution in [0.3, 0.4) is 0 Å². The molecule has 1 heterocycles. The number of rotatable bonds is 2. The summed E-state index contributed by atoms with van der Waals surface area (Å²) < 4.78 is 0. The van der Waals surface area contributed by atoms with E-state index < -0.39 is 0 Å². The topological polar surface area (TPSA) is 80.9 Å². The minimum Gasteiger partial charge on any atom is -0.397 e. The lowest BCUT2D eigenvalue weighted by Crippen LogP contribution is -2.15. The lowest BCUT2D eigenvalue weighted by Gasteiger charge is -2.07. The highest BCUT2D eigenvalue weighted by Gasteiger charge is 2.12. The average Bonchev–Trinajstić information content (AvgIpc) is 2.34. The molecule has 1 aromatic carbocycles. The third-order valence-corrected chi connectivity index (χ3v) is 2.44. The summed E-state index contributed by atoms with van der Waals surface area (Å²) >= 11 is 5.83. The van der Waals surface area contributed by atoms with Crippen LogP contribution in [-0.4, -0.2) is 16.1 Å². The van der Waals surface area contributed by atoms with Crippen LogP contribution < -0.4 is 11.1 Å². The van der Waals surface area contributed by atoms with Crippen LogP contribution in [0.4, 0.5) is 11.5 Å². The van der Waals surface area contributed by atoms with Crippen molar-refractivity contribution in [1.29, 1.82) is 0 Å². The number of para-hydroxylation sites is 1. The van der Waals surface area contributed by atoms with Gasteiger partial charge in [-0.15, -0.1) is 5.10 Å². The highest BCUT2D eigenvalue weighted by molar-refractivity contribution is 6.34. The van der Waals surface area contributed by atoms with Crippen LogP contribution in [0, 0.1) is 0 Å². The summed E-state index contributed by atoms with van der Waals surface area (Å²) in [4.78, 5) is 11.9. The first-order chi connectivity index (χ1) is 8.18. The van der Waals surface area contributed by atoms with E-state index in [2.05, 4.69) is 15.5 Å². The fraction of sp³-hybridized carbons (Fsp3) is 0. The van der Waals surface area contributed by atoms with Crippen LogP contribution in [0.25, 0.3) is 0 Å². The number of amides is 1. The van der Waals surface area contributed by atoms with E-state index in [0.29, 0.717) is 16.4 Å². The van der Waals surface area contributed by atoms with E-state index in [1.165, 1.54) is 6.20 Å². The van der Waals surface area contributed by atoms with Gasteiger partial charge in [0.05, 0.1) is 16.3 Å². The summed E-state index contributed by atoms with van der Waals surface area (Å²) in [6.45, 7) is 0. The molecule has 0 saturated carbocycles. The molecule has 1 amide bonds. The zero-order valence-corrected chi connectivity index (χ0v) is 9.48. The molecule has 0 spiro atoms. The van der Waals surface area contributed by atoms with Crippen LogP contribution in [0.5, 0.6) is 0 Å². The highest BCUT2D eigenvalue weighted by Crippen LogP contribution is 2.22. The lowest BCUT2D eigenvalue weighted by molar-refractivity contribution is 0.102. The number of carbonyl (C=O) groups excluding carboxylic acids is 1. The minimum atomic E-state index is -0.370. The number of halogens is 1. The number of nitrogens with two attached hydrogens (primary N) is 1. The first-order valence-corrected chi connectivity index (χ1v) is 5.19. The van der Waals surface area contributed by atoms with E-state index in [-0.39, 0.29) is 11.6 Å². The van der Waals surface area contributed by atoms with E-state index in [1.807, 2.05) is 0 Å². The fourth-order valence-electron chi connectivity index (χ4n) is 1.29. The van der Waals surface area contributed by atoms with E-state index in [4.69, 9.17) is 17.3 Å². The summed E-state index contributed by atoms with van der Waals surface area (Å²) in [7, 11) is 0. The number of hydrogen-bond acceptors (Lipinski definition) is 4. The predicted octanol–water partition coefficient (Wildman–Crippen LogP) is 1.96. The smallest absolute Gasteiger partial charge is 0.259 e. The second-order valence-corrected chi connectivity index (χ2v) is 3.67. The number of anilines is 2. The Hall–Kier alpha value is -2.14. The lowest BCUT2D eigenvalue weighted by atomic mass is 10.1. The summed E-state index contributed by atoms with van der Waals surface area (Å²) in [6, 6.07) is 8.17. The molecule has 0 saturated heterocycles. The quantitative estimate of drug-likeness (QED) is 0.796. The average molecular weight is 249 g/mol. The molecule has 0 bridgehead atoms. The normalized spacial score (nSPS) is 9.94. The largest absolute Gasteiger partial charge is 0.397 e. The summed E-state index contributed by atoms with van der Waals surface area (Å²) in [5.41, 5.74) is 6.26. The number of nitrogen functional groups attached to an aromatic ring is 1. The van der Waals surface area contributed by atoms with Crippen LogP contribution in [0.15, 0.2) is 36.5 Å². The Morgan fingerprint density at radius 2 is 2.12 bits per heavy atom. The Kier molecular flexibility index (Phi) is 3.20. The first-order valence-electron chi connectivity index (χ1n) is 4.81. The molecule has 0 atom stereocenters. The van der Waals surface area contributed by atoms with Gasteiger partial charge in [-0.05, 0) is 24.3 Å². The van der Waals surface area contributed by atoms with Gasteiger partial charge in [-0.1, -0.05) is 17.7 Å². The maximum atomic E-state index is 11.9. The van der Waals surface area contributed by atoms with Crippen molar-refractivity contribution in [3.05, 3.63) is 47.1 Å². The Morgan fingerprint density at radius 3 is 2.82 bits per heavy atom. The molecule has 0 aliphatic carbocycles. The summed E-state index contributed by atoms with van der Waals surface area (Å²) in [5, 5.41) is 10.3. The Morgan fingerprint density at radius 1 is 1.29 bits per heavy atom. The molecule has 0 fully saturated rings. The van der Waals surface area contributed by atoms with Crippen molar-refractivity contribution in [1.82, 2.24) is 10.2 Å². The molecule has 6 heteroatoms. The molecule has 2 aromatic rings. The second kappa shape index (κ2) is 4.80. The minimum absolute atomic E-state index is 0.246. The highest BCUT2D eigenvalue weighted by atomic mass is 35.5. The maximum absolute atomic E-state index is 11.9. The molecular weight excluding hydrogens is 240 g/mol. The standard InChI is InChI=1S/C11H9ClN4O/c12-8-4-1-3-7(10(8)13)11(17)15-9-5-2-6-14-16-9/h1-6H,13H2,(H,15,16,17). The van der Waals surface area contributed by atoms with Gasteiger partial charge in [-0.3, -0.25) is 4.79 Å². The number of aromatic nitrogens is 2. The summed E-state index contributed by atoms with van der Waals surface area (Å²) in [5.74, 6) is -0.0117. The predicted molar refractivity (Wildman–Crippen MR) is 65.8 cm³/mol. The van der Waals surface area contributed by atoms with Gasteiger partial charge < -0.3 is 11.1 Å². The molecule has 5 nitrogen and oxygen atoms in total. The van der Waals surface area contributed by atoms with Gasteiger partial charge in [0.25, 0.3) is 5.91 Å². The van der Waals surface area contributed by atoms with E-state index >= 15 is 0 Å². The van der Waals surface area contributed by atoms with Gasteiger partial charge in [0, 0.05) is 6.20 Å². The Balaban J connectivity index is 2.24. The van der Waals surface area contributed by atoms with Gasteiger partial charge in [-0.2, -0.15) is 5.10 Å². The zero-order chi connectivity index (χ0) is 12.3. The molecule has 0 aliphatic heterocycles. The maximum Gasteiger partial charge on any atom is 0.259 e. The van der Waals surface area contributed by atoms with Crippen LogP contribution in [0.2, 0.25) is 5.02 Å². The fourth-order valence-corrected chi connectivity index (χ4v) is 1.46. The molecule has 17 heavy (non-hydrogen) atoms. The van der Waals surface area contributed by atoms with Crippen molar-refractivity contribution in [3.63, 3.8) is 0 Å². The van der Waals surface area contributed by atoms with Gasteiger partial charge in [0.15, 0.2) is 5.82 Å². The van der Waals surface area contributed by atoms with Gasteiger partial charge >= 0.3 is 0 Å². The number of carbonyl (C=O) groups is 1. The van der Waals surface area contributed by atoms with Crippen molar-refractivity contribution in [2.75, 3.05) is 11.1 Å². The molecule has 1 aromatic heterocycles. The van der Waals surface area contributed by atoms with E-state index in [1.54, 1.807) is 30.3 Å². The molecule has 0 radical (unpaired) electrons. The zero-order valence-electron chi connectivity index (χ0n) is 8.72. The molecule has 0 unspecified atom stereocenters. The molecule has 3 N–H and O–H groups in total. The van der Waals surface area contributed by atoms with E-state index in [9.17, 15) is 4.79 Å². The molecular formula is C11H9ClN4O. The molecule has 0 aliphatic rings. The van der Waals surface area contributed by atoms with Crippen molar-refractivity contribution < 1.29 is 4.79 Å². The van der Waals surface area contributed by atoms with Gasteiger partial charge in [0.1, 0.15) is 0 Å². The third-order valence-electron chi connectivity index (χ3n) is 2.11. The van der Waals surface area contributed by atoms with Gasteiger partial charge in [-0.25, -0.2) is 0 Å². The van der Waals surface area contributed by atoms with Crippen LogP contribution in [0.1, 0.15) is 10.4 Å². The van der Waals surface area contributed by atoms with E-state index in [0.717, 1.165) is 0 Å². The van der Waals surface area contributed by atoms with Crippen molar-refractivity contribution in [3.8, 4) is 0 Å². The first kappa shape index (κ1) is 11.3. The number of hydrogen-bond donors (Lipinski definition) is 2. The monoisotopic (exact) mass is 248 g/mol. The van der Waals surface area contributed by atoms with Crippen molar-refractivity contribution in [2.24, 2.45) is 0 Å². The number of nitrogens with zero attached hydrogens (tertiary/aromatic N) is 2. The Labute approximate surface area is 103 Å². The molecule has 2 rings (SSSR count). The Bertz CT molecular complexity index is 544. The van der Waals surface area contributed by atoms with Crippen LogP contribution >= 0.6 is 11.6 Å². The van der Waals surface area contributed by atoms with Gasteiger partial charge in [0.2, 0.25) is 0 Å². The van der Waals surface area contributed by atoms with Crippen LogP contribution in [-0.2, 0) is 0 Å². The number of benzene rings is 1. The molecule has 86 valence electrons. The second-order valence-electron chi connectivity index (χ2n) is 3.26. The number of nitrogens with one attached hydrogen (secondary N) is 1.